The number of aryl methyl sites for hydroxylation is 2. The molecule has 0 unspecified atom stereocenters. The van der Waals surface area contributed by atoms with Gasteiger partial charge in [0.2, 0.25) is 0 Å². The quantitative estimate of drug-likeness (QED) is 0.869. The Morgan fingerprint density at radius 1 is 1.28 bits per heavy atom. The fraction of sp³-hybridized carbons (Fsp3) is 0.462. The normalized spacial score (nSPS) is 10.6. The Balaban J connectivity index is 1.84. The lowest BCUT2D eigenvalue weighted by Crippen LogP contribution is -2.07. The van der Waals surface area contributed by atoms with Gasteiger partial charge in [0.05, 0.1) is 5.01 Å². The van der Waals surface area contributed by atoms with Crippen LogP contribution in [0.4, 0.5) is 5.82 Å². The Labute approximate surface area is 112 Å². The molecule has 2 rings (SSSR count). The van der Waals surface area contributed by atoms with Crippen molar-refractivity contribution in [2.45, 2.75) is 33.1 Å². The van der Waals surface area contributed by atoms with Crippen molar-refractivity contribution in [2.75, 3.05) is 11.9 Å². The molecule has 0 radical (unpaired) electrons. The van der Waals surface area contributed by atoms with Crippen molar-refractivity contribution in [1.29, 1.82) is 0 Å². The van der Waals surface area contributed by atoms with E-state index in [2.05, 4.69) is 32.6 Å². The standard InChI is InChI=1S/C13H18N4S/c1-3-4-11-7-12(16-9-15-11)14-6-5-13-17-10(2)8-18-13/h7-9H,3-6H2,1-2H3,(H,14,15,16). The highest BCUT2D eigenvalue weighted by Crippen LogP contribution is 2.10. The highest BCUT2D eigenvalue weighted by molar-refractivity contribution is 7.09. The number of hydrogen-bond acceptors (Lipinski definition) is 5. The van der Waals surface area contributed by atoms with E-state index in [-0.39, 0.29) is 0 Å². The van der Waals surface area contributed by atoms with E-state index < -0.39 is 0 Å². The zero-order valence-electron chi connectivity index (χ0n) is 10.8. The number of hydrogen-bond donors (Lipinski definition) is 1. The average molecular weight is 262 g/mol. The molecule has 0 aromatic carbocycles. The molecule has 0 aliphatic rings. The number of nitrogens with zero attached hydrogens (tertiary/aromatic N) is 3. The van der Waals surface area contributed by atoms with Crippen LogP contribution in [0.2, 0.25) is 0 Å². The Morgan fingerprint density at radius 3 is 2.89 bits per heavy atom. The molecule has 0 amide bonds. The van der Waals surface area contributed by atoms with Crippen LogP contribution in [0.3, 0.4) is 0 Å². The maximum atomic E-state index is 4.43. The van der Waals surface area contributed by atoms with E-state index in [9.17, 15) is 0 Å². The molecule has 0 fully saturated rings. The summed E-state index contributed by atoms with van der Waals surface area (Å²) in [6.07, 6.45) is 4.67. The van der Waals surface area contributed by atoms with Crippen molar-refractivity contribution < 1.29 is 0 Å². The van der Waals surface area contributed by atoms with Crippen LogP contribution in [0.1, 0.15) is 29.7 Å². The molecule has 0 aliphatic carbocycles. The second-order valence-electron chi connectivity index (χ2n) is 4.20. The first-order valence-electron chi connectivity index (χ1n) is 6.23. The predicted molar refractivity (Wildman–Crippen MR) is 75.1 cm³/mol. The summed E-state index contributed by atoms with van der Waals surface area (Å²) >= 11 is 1.71. The van der Waals surface area contributed by atoms with Crippen LogP contribution in [0.5, 0.6) is 0 Å². The Morgan fingerprint density at radius 2 is 2.17 bits per heavy atom. The first-order valence-corrected chi connectivity index (χ1v) is 7.11. The van der Waals surface area contributed by atoms with Crippen LogP contribution in [0.25, 0.3) is 0 Å². The molecule has 2 heterocycles. The number of thiazole rings is 1. The number of aromatic nitrogens is 3. The summed E-state index contributed by atoms with van der Waals surface area (Å²) in [4.78, 5) is 12.9. The van der Waals surface area contributed by atoms with Gasteiger partial charge in [-0.1, -0.05) is 13.3 Å². The first-order chi connectivity index (χ1) is 8.78. The molecular formula is C13H18N4S. The third kappa shape index (κ3) is 3.77. The first kappa shape index (κ1) is 13.0. The van der Waals surface area contributed by atoms with Crippen molar-refractivity contribution in [2.24, 2.45) is 0 Å². The molecule has 96 valence electrons. The van der Waals surface area contributed by atoms with Gasteiger partial charge >= 0.3 is 0 Å². The maximum absolute atomic E-state index is 4.43. The van der Waals surface area contributed by atoms with Gasteiger partial charge in [-0.15, -0.1) is 11.3 Å². The van der Waals surface area contributed by atoms with Gasteiger partial charge in [0.1, 0.15) is 12.1 Å². The number of anilines is 1. The van der Waals surface area contributed by atoms with Crippen LogP contribution in [0.15, 0.2) is 17.8 Å². The van der Waals surface area contributed by atoms with Gasteiger partial charge in [0.15, 0.2) is 0 Å². The topological polar surface area (TPSA) is 50.7 Å². The van der Waals surface area contributed by atoms with E-state index >= 15 is 0 Å². The van der Waals surface area contributed by atoms with Crippen molar-refractivity contribution in [3.63, 3.8) is 0 Å². The molecule has 5 heteroatoms. The van der Waals surface area contributed by atoms with E-state index in [1.807, 2.05) is 13.0 Å². The fourth-order valence-electron chi connectivity index (χ4n) is 1.70. The molecular weight excluding hydrogens is 244 g/mol. The van der Waals surface area contributed by atoms with Gasteiger partial charge in [0.25, 0.3) is 0 Å². The number of nitrogens with one attached hydrogen (secondary N) is 1. The largest absolute Gasteiger partial charge is 0.370 e. The summed E-state index contributed by atoms with van der Waals surface area (Å²) in [5.41, 5.74) is 2.20. The zero-order chi connectivity index (χ0) is 12.8. The summed E-state index contributed by atoms with van der Waals surface area (Å²) < 4.78 is 0. The molecule has 0 spiro atoms. The Bertz CT molecular complexity index is 495. The van der Waals surface area contributed by atoms with Gasteiger partial charge in [-0.3, -0.25) is 0 Å². The van der Waals surface area contributed by atoms with Crippen molar-refractivity contribution in [1.82, 2.24) is 15.0 Å². The van der Waals surface area contributed by atoms with Crippen LogP contribution in [-0.4, -0.2) is 21.5 Å². The van der Waals surface area contributed by atoms with E-state index in [1.165, 1.54) is 5.01 Å². The lowest BCUT2D eigenvalue weighted by Gasteiger charge is -2.05. The molecule has 1 N–H and O–H groups in total. The summed E-state index contributed by atoms with van der Waals surface area (Å²) in [6, 6.07) is 2.02. The minimum atomic E-state index is 0.857. The van der Waals surface area contributed by atoms with Crippen LogP contribution in [0, 0.1) is 6.92 Å². The lowest BCUT2D eigenvalue weighted by molar-refractivity contribution is 0.870. The molecule has 0 aliphatic heterocycles. The predicted octanol–water partition coefficient (Wildman–Crippen LogP) is 2.85. The van der Waals surface area contributed by atoms with Crippen molar-refractivity contribution >= 4 is 17.2 Å². The average Bonchev–Trinajstić information content (AvgIpc) is 2.76. The third-order valence-electron chi connectivity index (χ3n) is 2.54. The highest BCUT2D eigenvalue weighted by atomic mass is 32.1. The van der Waals surface area contributed by atoms with E-state index in [0.29, 0.717) is 0 Å². The van der Waals surface area contributed by atoms with Crippen molar-refractivity contribution in [3.8, 4) is 0 Å². The Hall–Kier alpha value is -1.49. The lowest BCUT2D eigenvalue weighted by atomic mass is 10.2. The molecule has 4 nitrogen and oxygen atoms in total. The summed E-state index contributed by atoms with van der Waals surface area (Å²) in [5, 5.41) is 6.57. The zero-order valence-corrected chi connectivity index (χ0v) is 11.6. The molecule has 2 aromatic rings. The highest BCUT2D eigenvalue weighted by Gasteiger charge is 2.00. The van der Waals surface area contributed by atoms with Gasteiger partial charge in [-0.25, -0.2) is 15.0 Å². The summed E-state index contributed by atoms with van der Waals surface area (Å²) in [5.74, 6) is 0.904. The second-order valence-corrected chi connectivity index (χ2v) is 5.15. The van der Waals surface area contributed by atoms with Crippen molar-refractivity contribution in [3.05, 3.63) is 34.2 Å². The van der Waals surface area contributed by atoms with Crippen LogP contribution < -0.4 is 5.32 Å². The maximum Gasteiger partial charge on any atom is 0.129 e. The molecule has 0 atom stereocenters. The van der Waals surface area contributed by atoms with Gasteiger partial charge in [0, 0.05) is 35.8 Å². The summed E-state index contributed by atoms with van der Waals surface area (Å²) in [7, 11) is 0. The molecule has 2 aromatic heterocycles. The molecule has 0 saturated heterocycles. The van der Waals surface area contributed by atoms with E-state index in [4.69, 9.17) is 0 Å². The molecule has 0 saturated carbocycles. The van der Waals surface area contributed by atoms with Gasteiger partial charge in [-0.2, -0.15) is 0 Å². The third-order valence-corrected chi connectivity index (χ3v) is 3.57. The minimum Gasteiger partial charge on any atom is -0.370 e. The van der Waals surface area contributed by atoms with E-state index in [0.717, 1.165) is 43.0 Å². The minimum absolute atomic E-state index is 0.857. The van der Waals surface area contributed by atoms with Crippen LogP contribution >= 0.6 is 11.3 Å². The van der Waals surface area contributed by atoms with E-state index in [1.54, 1.807) is 17.7 Å². The van der Waals surface area contributed by atoms with Gasteiger partial charge < -0.3 is 5.32 Å². The smallest absolute Gasteiger partial charge is 0.129 e. The molecule has 0 bridgehead atoms. The fourth-order valence-corrected chi connectivity index (χ4v) is 2.48. The Kier molecular flexibility index (Phi) is 4.64. The second kappa shape index (κ2) is 6.44. The monoisotopic (exact) mass is 262 g/mol. The molecule has 18 heavy (non-hydrogen) atoms. The number of rotatable bonds is 6. The van der Waals surface area contributed by atoms with Crippen LogP contribution in [-0.2, 0) is 12.8 Å². The van der Waals surface area contributed by atoms with Gasteiger partial charge in [-0.05, 0) is 13.3 Å². The SMILES string of the molecule is CCCc1cc(NCCc2nc(C)cs2)ncn1. The summed E-state index contributed by atoms with van der Waals surface area (Å²) in [6.45, 7) is 5.03.